The topological polar surface area (TPSA) is 69.7 Å². The van der Waals surface area contributed by atoms with Crippen molar-refractivity contribution < 1.29 is 9.13 Å². The quantitative estimate of drug-likeness (QED) is 0.824. The third kappa shape index (κ3) is 2.67. The van der Waals surface area contributed by atoms with Crippen molar-refractivity contribution in [2.45, 2.75) is 6.92 Å². The molecule has 0 atom stereocenters. The fraction of sp³-hybridized carbons (Fsp3) is 0.0714. The minimum atomic E-state index is -0.675. The number of pyridine rings is 1. The van der Waals surface area contributed by atoms with Gasteiger partial charge >= 0.3 is 0 Å². The maximum atomic E-state index is 13.4. The minimum absolute atomic E-state index is 0.0648. The molecule has 0 aliphatic rings. The number of aromatic nitrogens is 1. The molecule has 0 spiro atoms. The van der Waals surface area contributed by atoms with Crippen molar-refractivity contribution in [3.63, 3.8) is 0 Å². The van der Waals surface area contributed by atoms with Crippen molar-refractivity contribution in [1.82, 2.24) is 4.98 Å². The highest BCUT2D eigenvalue weighted by molar-refractivity contribution is 5.43. The molecule has 92 valence electrons. The smallest absolute Gasteiger partial charge is 0.237 e. The molecule has 1 heterocycles. The predicted octanol–water partition coefficient (Wildman–Crippen LogP) is 3.06. The van der Waals surface area contributed by atoms with Crippen LogP contribution in [0.25, 0.3) is 0 Å². The van der Waals surface area contributed by atoms with Crippen LogP contribution >= 0.6 is 0 Å². The molecule has 0 saturated heterocycles. The van der Waals surface area contributed by atoms with Crippen LogP contribution in [0.15, 0.2) is 30.3 Å². The number of hydrogen-bond acceptors (Lipinski definition) is 4. The molecule has 0 amide bonds. The van der Waals surface area contributed by atoms with Crippen LogP contribution in [0.4, 0.5) is 4.39 Å². The summed E-state index contributed by atoms with van der Waals surface area (Å²) in [7, 11) is 0. The summed E-state index contributed by atoms with van der Waals surface area (Å²) in [6.07, 6.45) is 0. The van der Waals surface area contributed by atoms with Crippen LogP contribution in [0.5, 0.6) is 11.6 Å². The minimum Gasteiger partial charge on any atom is -0.438 e. The largest absolute Gasteiger partial charge is 0.438 e. The molecule has 0 saturated carbocycles. The number of halogens is 1. The average molecular weight is 253 g/mol. The number of benzene rings is 1. The van der Waals surface area contributed by atoms with Gasteiger partial charge in [-0.05, 0) is 31.2 Å². The highest BCUT2D eigenvalue weighted by Gasteiger charge is 2.09. The molecule has 0 radical (unpaired) electrons. The molecule has 1 aromatic carbocycles. The molecule has 5 heteroatoms. The van der Waals surface area contributed by atoms with E-state index in [1.807, 2.05) is 6.07 Å². The number of hydrogen-bond donors (Lipinski definition) is 0. The SMILES string of the molecule is Cc1ccc(C#N)c(Oc2ccc(C#N)c(F)c2)n1. The number of ether oxygens (including phenoxy) is 1. The average Bonchev–Trinajstić information content (AvgIpc) is 2.39. The number of rotatable bonds is 2. The normalized spacial score (nSPS) is 9.47. The second-order valence-corrected chi connectivity index (χ2v) is 3.77. The maximum Gasteiger partial charge on any atom is 0.237 e. The van der Waals surface area contributed by atoms with E-state index >= 15 is 0 Å². The summed E-state index contributed by atoms with van der Waals surface area (Å²) in [5.41, 5.74) is 0.878. The predicted molar refractivity (Wildman–Crippen MR) is 64.9 cm³/mol. The van der Waals surface area contributed by atoms with Crippen LogP contribution in [-0.2, 0) is 0 Å². The highest BCUT2D eigenvalue weighted by Crippen LogP contribution is 2.24. The first-order valence-electron chi connectivity index (χ1n) is 5.39. The summed E-state index contributed by atoms with van der Waals surface area (Å²) < 4.78 is 18.8. The molecule has 1 aromatic heterocycles. The monoisotopic (exact) mass is 253 g/mol. The van der Waals surface area contributed by atoms with Crippen LogP contribution in [0.2, 0.25) is 0 Å². The summed E-state index contributed by atoms with van der Waals surface area (Å²) in [6.45, 7) is 1.76. The molecule has 0 bridgehead atoms. The van der Waals surface area contributed by atoms with Crippen molar-refractivity contribution in [2.24, 2.45) is 0 Å². The fourth-order valence-electron chi connectivity index (χ4n) is 1.46. The Kier molecular flexibility index (Phi) is 3.40. The van der Waals surface area contributed by atoms with Gasteiger partial charge in [-0.25, -0.2) is 9.37 Å². The Bertz CT molecular complexity index is 714. The molecule has 0 unspecified atom stereocenters. The van der Waals surface area contributed by atoms with E-state index in [1.54, 1.807) is 25.1 Å². The first-order valence-corrected chi connectivity index (χ1v) is 5.39. The number of nitrogens with zero attached hydrogens (tertiary/aromatic N) is 3. The van der Waals surface area contributed by atoms with Crippen molar-refractivity contribution in [3.8, 4) is 23.8 Å². The molecular weight excluding hydrogens is 245 g/mol. The zero-order valence-corrected chi connectivity index (χ0v) is 10.0. The van der Waals surface area contributed by atoms with Gasteiger partial charge in [0.1, 0.15) is 29.3 Å². The zero-order valence-electron chi connectivity index (χ0n) is 10.0. The van der Waals surface area contributed by atoms with Crippen molar-refractivity contribution in [2.75, 3.05) is 0 Å². The van der Waals surface area contributed by atoms with Gasteiger partial charge in [-0.3, -0.25) is 0 Å². The molecular formula is C14H8FN3O. The van der Waals surface area contributed by atoms with Gasteiger partial charge < -0.3 is 4.74 Å². The van der Waals surface area contributed by atoms with Crippen LogP contribution in [-0.4, -0.2) is 4.98 Å². The number of nitriles is 2. The molecule has 0 fully saturated rings. The first-order chi connectivity index (χ1) is 9.13. The van der Waals surface area contributed by atoms with Gasteiger partial charge in [-0.1, -0.05) is 0 Å². The lowest BCUT2D eigenvalue weighted by Gasteiger charge is -2.07. The van der Waals surface area contributed by atoms with Gasteiger partial charge in [0.15, 0.2) is 0 Å². The Balaban J connectivity index is 2.37. The molecule has 2 aromatic rings. The molecule has 0 aliphatic carbocycles. The maximum absolute atomic E-state index is 13.4. The molecule has 0 aliphatic heterocycles. The molecule has 19 heavy (non-hydrogen) atoms. The van der Waals surface area contributed by atoms with Crippen molar-refractivity contribution in [3.05, 3.63) is 53.0 Å². The van der Waals surface area contributed by atoms with Gasteiger partial charge in [-0.15, -0.1) is 0 Å². The fourth-order valence-corrected chi connectivity index (χ4v) is 1.46. The first kappa shape index (κ1) is 12.5. The van der Waals surface area contributed by atoms with E-state index in [2.05, 4.69) is 4.98 Å². The Morgan fingerprint density at radius 2 is 1.79 bits per heavy atom. The van der Waals surface area contributed by atoms with Gasteiger partial charge in [0.25, 0.3) is 0 Å². The second-order valence-electron chi connectivity index (χ2n) is 3.77. The molecule has 0 N–H and O–H groups in total. The van der Waals surface area contributed by atoms with Crippen LogP contribution in [0.1, 0.15) is 16.8 Å². The lowest BCUT2D eigenvalue weighted by Crippen LogP contribution is -1.94. The standard InChI is InChI=1S/C14H8FN3O/c1-9-2-3-11(8-17)14(18-9)19-12-5-4-10(7-16)13(15)6-12/h2-6H,1H3. The van der Waals surface area contributed by atoms with Crippen LogP contribution < -0.4 is 4.74 Å². The van der Waals surface area contributed by atoms with E-state index in [1.165, 1.54) is 12.1 Å². The van der Waals surface area contributed by atoms with E-state index in [0.717, 1.165) is 6.07 Å². The Hall–Kier alpha value is -2.92. The highest BCUT2D eigenvalue weighted by atomic mass is 19.1. The lowest BCUT2D eigenvalue weighted by molar-refractivity contribution is 0.455. The Morgan fingerprint density at radius 3 is 2.42 bits per heavy atom. The van der Waals surface area contributed by atoms with Gasteiger partial charge in [0.05, 0.1) is 5.56 Å². The third-order valence-corrected chi connectivity index (χ3v) is 2.40. The lowest BCUT2D eigenvalue weighted by atomic mass is 10.2. The van der Waals surface area contributed by atoms with Gasteiger partial charge in [0.2, 0.25) is 5.88 Å². The third-order valence-electron chi connectivity index (χ3n) is 2.40. The zero-order chi connectivity index (χ0) is 13.8. The van der Waals surface area contributed by atoms with E-state index in [0.29, 0.717) is 5.69 Å². The summed E-state index contributed by atoms with van der Waals surface area (Å²) in [5, 5.41) is 17.6. The van der Waals surface area contributed by atoms with E-state index in [4.69, 9.17) is 15.3 Å². The van der Waals surface area contributed by atoms with Gasteiger partial charge in [0, 0.05) is 11.8 Å². The van der Waals surface area contributed by atoms with E-state index in [9.17, 15) is 4.39 Å². The molecule has 2 rings (SSSR count). The number of aryl methyl sites for hydroxylation is 1. The molecule has 4 nitrogen and oxygen atoms in total. The summed E-state index contributed by atoms with van der Waals surface area (Å²) >= 11 is 0. The summed E-state index contributed by atoms with van der Waals surface area (Å²) in [5.74, 6) is -0.371. The Labute approximate surface area is 109 Å². The summed E-state index contributed by atoms with van der Waals surface area (Å²) in [6, 6.07) is 10.8. The Morgan fingerprint density at radius 1 is 1.11 bits per heavy atom. The van der Waals surface area contributed by atoms with Crippen molar-refractivity contribution in [1.29, 1.82) is 10.5 Å². The van der Waals surface area contributed by atoms with E-state index in [-0.39, 0.29) is 22.8 Å². The van der Waals surface area contributed by atoms with E-state index < -0.39 is 5.82 Å². The summed E-state index contributed by atoms with van der Waals surface area (Å²) in [4.78, 5) is 4.08. The van der Waals surface area contributed by atoms with Crippen LogP contribution in [0.3, 0.4) is 0 Å². The van der Waals surface area contributed by atoms with Crippen molar-refractivity contribution >= 4 is 0 Å². The van der Waals surface area contributed by atoms with Gasteiger partial charge in [-0.2, -0.15) is 10.5 Å². The second kappa shape index (κ2) is 5.16. The van der Waals surface area contributed by atoms with Crippen LogP contribution in [0, 0.1) is 35.4 Å².